The Hall–Kier alpha value is -2.86. The van der Waals surface area contributed by atoms with E-state index in [0.29, 0.717) is 17.0 Å². The molecule has 3 rings (SSSR count). The first-order chi connectivity index (χ1) is 14.1. The standard InChI is InChI=1S/C23H28N2O4/c1-17(22(26)24-20-8-4-5-9-21(20)28-2)29-23(27)19-12-10-18(11-13-19)16-25-14-6-3-7-15-25/h4-5,8-13,17H,3,6-7,14-16H2,1-2H3,(H,24,26)/t17-/m0/s1. The van der Waals surface area contributed by atoms with Crippen molar-refractivity contribution >= 4 is 17.6 Å². The second-order valence-corrected chi connectivity index (χ2v) is 7.27. The summed E-state index contributed by atoms with van der Waals surface area (Å²) in [6.07, 6.45) is 2.88. The molecular formula is C23H28N2O4. The first-order valence-electron chi connectivity index (χ1n) is 10.0. The molecule has 29 heavy (non-hydrogen) atoms. The first-order valence-corrected chi connectivity index (χ1v) is 10.0. The van der Waals surface area contributed by atoms with Crippen molar-refractivity contribution in [3.8, 4) is 5.75 Å². The molecule has 0 aromatic heterocycles. The van der Waals surface area contributed by atoms with Gasteiger partial charge in [-0.15, -0.1) is 0 Å². The molecule has 1 fully saturated rings. The maximum atomic E-state index is 12.4. The zero-order valence-corrected chi connectivity index (χ0v) is 17.0. The third kappa shape index (κ3) is 5.81. The highest BCUT2D eigenvalue weighted by atomic mass is 16.5. The van der Waals surface area contributed by atoms with Crippen LogP contribution in [0.25, 0.3) is 0 Å². The first kappa shape index (κ1) is 20.9. The molecule has 0 radical (unpaired) electrons. The van der Waals surface area contributed by atoms with E-state index >= 15 is 0 Å². The van der Waals surface area contributed by atoms with Crippen molar-refractivity contribution < 1.29 is 19.1 Å². The number of carbonyl (C=O) groups is 2. The number of likely N-dealkylation sites (tertiary alicyclic amines) is 1. The quantitative estimate of drug-likeness (QED) is 0.720. The summed E-state index contributed by atoms with van der Waals surface area (Å²) in [4.78, 5) is 27.2. The highest BCUT2D eigenvalue weighted by Gasteiger charge is 2.20. The van der Waals surface area contributed by atoms with E-state index in [1.807, 2.05) is 18.2 Å². The van der Waals surface area contributed by atoms with Gasteiger partial charge in [-0.05, 0) is 62.7 Å². The molecule has 6 nitrogen and oxygen atoms in total. The van der Waals surface area contributed by atoms with Crippen LogP contribution in [0.15, 0.2) is 48.5 Å². The lowest BCUT2D eigenvalue weighted by molar-refractivity contribution is -0.123. The molecule has 6 heteroatoms. The highest BCUT2D eigenvalue weighted by Crippen LogP contribution is 2.23. The molecule has 0 unspecified atom stereocenters. The van der Waals surface area contributed by atoms with Crippen molar-refractivity contribution in [1.82, 2.24) is 4.90 Å². The zero-order valence-electron chi connectivity index (χ0n) is 17.0. The number of nitrogens with zero attached hydrogens (tertiary/aromatic N) is 1. The molecule has 1 N–H and O–H groups in total. The molecule has 0 spiro atoms. The summed E-state index contributed by atoms with van der Waals surface area (Å²) < 4.78 is 10.5. The van der Waals surface area contributed by atoms with Crippen LogP contribution in [0.3, 0.4) is 0 Å². The lowest BCUT2D eigenvalue weighted by atomic mass is 10.1. The summed E-state index contributed by atoms with van der Waals surface area (Å²) in [5.74, 6) is -0.384. The van der Waals surface area contributed by atoms with Crippen molar-refractivity contribution in [2.24, 2.45) is 0 Å². The largest absolute Gasteiger partial charge is 0.495 e. The van der Waals surface area contributed by atoms with Crippen LogP contribution in [0.4, 0.5) is 5.69 Å². The summed E-state index contributed by atoms with van der Waals surface area (Å²) in [6, 6.07) is 14.5. The van der Waals surface area contributed by atoms with Crippen LogP contribution in [-0.2, 0) is 16.1 Å². The molecule has 1 aliphatic rings. The Labute approximate surface area is 171 Å². The molecule has 1 atom stereocenters. The highest BCUT2D eigenvalue weighted by molar-refractivity contribution is 5.98. The number of rotatable bonds is 7. The second kappa shape index (κ2) is 10.1. The lowest BCUT2D eigenvalue weighted by Crippen LogP contribution is -2.30. The summed E-state index contributed by atoms with van der Waals surface area (Å²) in [5.41, 5.74) is 2.14. The third-order valence-electron chi connectivity index (χ3n) is 5.06. The van der Waals surface area contributed by atoms with Crippen LogP contribution in [0, 0.1) is 0 Å². The van der Waals surface area contributed by atoms with Gasteiger partial charge in [-0.1, -0.05) is 30.7 Å². The van der Waals surface area contributed by atoms with Crippen molar-refractivity contribution in [3.05, 3.63) is 59.7 Å². The predicted molar refractivity (Wildman–Crippen MR) is 112 cm³/mol. The van der Waals surface area contributed by atoms with Crippen molar-refractivity contribution in [3.63, 3.8) is 0 Å². The topological polar surface area (TPSA) is 67.9 Å². The van der Waals surface area contributed by atoms with Gasteiger partial charge in [0.05, 0.1) is 18.4 Å². The normalized spacial score (nSPS) is 15.4. The summed E-state index contributed by atoms with van der Waals surface area (Å²) in [5, 5.41) is 2.73. The van der Waals surface area contributed by atoms with Gasteiger partial charge in [-0.2, -0.15) is 0 Å². The van der Waals surface area contributed by atoms with Gasteiger partial charge in [0, 0.05) is 6.54 Å². The third-order valence-corrected chi connectivity index (χ3v) is 5.06. The van der Waals surface area contributed by atoms with E-state index in [9.17, 15) is 9.59 Å². The fourth-order valence-corrected chi connectivity index (χ4v) is 3.39. The Kier molecular flexibility index (Phi) is 7.25. The number of ether oxygens (including phenoxy) is 2. The van der Waals surface area contributed by atoms with Crippen LogP contribution in [0.2, 0.25) is 0 Å². The molecule has 1 aliphatic heterocycles. The van der Waals surface area contributed by atoms with Gasteiger partial charge < -0.3 is 14.8 Å². The molecule has 0 aliphatic carbocycles. The van der Waals surface area contributed by atoms with Gasteiger partial charge >= 0.3 is 5.97 Å². The molecule has 0 saturated carbocycles. The number of esters is 1. The van der Waals surface area contributed by atoms with Crippen molar-refractivity contribution in [1.29, 1.82) is 0 Å². The summed E-state index contributed by atoms with van der Waals surface area (Å²) >= 11 is 0. The summed E-state index contributed by atoms with van der Waals surface area (Å²) in [7, 11) is 1.53. The number of piperidine rings is 1. The molecule has 2 aromatic rings. The molecule has 0 bridgehead atoms. The monoisotopic (exact) mass is 396 g/mol. The number of amides is 1. The zero-order chi connectivity index (χ0) is 20.6. The van der Waals surface area contributed by atoms with Gasteiger partial charge in [0.1, 0.15) is 5.75 Å². The van der Waals surface area contributed by atoms with Crippen molar-refractivity contribution in [2.45, 2.75) is 38.8 Å². The SMILES string of the molecule is COc1ccccc1NC(=O)[C@H](C)OC(=O)c1ccc(CN2CCCCC2)cc1. The average molecular weight is 396 g/mol. The number of benzene rings is 2. The van der Waals surface area contributed by atoms with E-state index in [0.717, 1.165) is 19.6 Å². The second-order valence-electron chi connectivity index (χ2n) is 7.27. The van der Waals surface area contributed by atoms with Crippen LogP contribution >= 0.6 is 0 Å². The minimum absolute atomic E-state index is 0.412. The summed E-state index contributed by atoms with van der Waals surface area (Å²) in [6.45, 7) is 4.70. The van der Waals surface area contributed by atoms with Gasteiger partial charge in [0.25, 0.3) is 5.91 Å². The van der Waals surface area contributed by atoms with Crippen LogP contribution in [0.5, 0.6) is 5.75 Å². The fraction of sp³-hybridized carbons (Fsp3) is 0.391. The van der Waals surface area contributed by atoms with Gasteiger partial charge in [0.2, 0.25) is 0 Å². The molecule has 154 valence electrons. The van der Waals surface area contributed by atoms with Crippen LogP contribution < -0.4 is 10.1 Å². The van der Waals surface area contributed by atoms with Gasteiger partial charge in [-0.3, -0.25) is 9.69 Å². The number of methoxy groups -OCH3 is 1. The minimum atomic E-state index is -0.930. The Bertz CT molecular complexity index is 829. The van der Waals surface area contributed by atoms with E-state index in [1.165, 1.54) is 31.9 Å². The fourth-order valence-electron chi connectivity index (χ4n) is 3.39. The average Bonchev–Trinajstić information content (AvgIpc) is 2.75. The number of nitrogens with one attached hydrogen (secondary N) is 1. The molecule has 1 saturated heterocycles. The van der Waals surface area contributed by atoms with E-state index in [-0.39, 0.29) is 0 Å². The maximum absolute atomic E-state index is 12.4. The smallest absolute Gasteiger partial charge is 0.338 e. The molecule has 1 amide bonds. The van der Waals surface area contributed by atoms with E-state index in [4.69, 9.17) is 9.47 Å². The molecular weight excluding hydrogens is 368 g/mol. The number of para-hydroxylation sites is 2. The Morgan fingerprint density at radius 3 is 2.41 bits per heavy atom. The number of hydrogen-bond donors (Lipinski definition) is 1. The Balaban J connectivity index is 1.54. The Morgan fingerprint density at radius 2 is 1.72 bits per heavy atom. The van der Waals surface area contributed by atoms with E-state index in [1.54, 1.807) is 37.3 Å². The lowest BCUT2D eigenvalue weighted by Gasteiger charge is -2.26. The number of anilines is 1. The van der Waals surface area contributed by atoms with Crippen LogP contribution in [0.1, 0.15) is 42.1 Å². The van der Waals surface area contributed by atoms with Crippen molar-refractivity contribution in [2.75, 3.05) is 25.5 Å². The molecule has 2 aromatic carbocycles. The van der Waals surface area contributed by atoms with Gasteiger partial charge in [0.15, 0.2) is 6.10 Å². The van der Waals surface area contributed by atoms with Gasteiger partial charge in [-0.25, -0.2) is 4.79 Å². The number of hydrogen-bond acceptors (Lipinski definition) is 5. The maximum Gasteiger partial charge on any atom is 0.338 e. The van der Waals surface area contributed by atoms with E-state index < -0.39 is 18.0 Å². The minimum Gasteiger partial charge on any atom is -0.495 e. The predicted octanol–water partition coefficient (Wildman–Crippen LogP) is 3.87. The number of carbonyl (C=O) groups excluding carboxylic acids is 2. The Morgan fingerprint density at radius 1 is 1.03 bits per heavy atom. The molecule has 1 heterocycles. The van der Waals surface area contributed by atoms with Crippen LogP contribution in [-0.4, -0.2) is 43.1 Å². The van der Waals surface area contributed by atoms with E-state index in [2.05, 4.69) is 10.2 Å².